The van der Waals surface area contributed by atoms with Gasteiger partial charge in [-0.2, -0.15) is 0 Å². The molecule has 16 heavy (non-hydrogen) atoms. The van der Waals surface area contributed by atoms with Crippen molar-refractivity contribution in [3.05, 3.63) is 28.2 Å². The Morgan fingerprint density at radius 1 is 1.56 bits per heavy atom. The number of amides is 1. The average molecular weight is 284 g/mol. The predicted molar refractivity (Wildman–Crippen MR) is 66.4 cm³/mol. The lowest BCUT2D eigenvalue weighted by molar-refractivity contribution is -0.121. The molecule has 0 unspecified atom stereocenters. The van der Waals surface area contributed by atoms with E-state index in [2.05, 4.69) is 21.2 Å². The SMILES string of the molecule is Cc1cc(NC(=O)CC2COC2)ccc1Br. The van der Waals surface area contributed by atoms with E-state index in [4.69, 9.17) is 4.74 Å². The second-order valence-corrected chi connectivity index (χ2v) is 4.97. The van der Waals surface area contributed by atoms with Crippen molar-refractivity contribution < 1.29 is 9.53 Å². The third kappa shape index (κ3) is 2.83. The highest BCUT2D eigenvalue weighted by Crippen LogP contribution is 2.21. The van der Waals surface area contributed by atoms with Gasteiger partial charge in [0.05, 0.1) is 13.2 Å². The van der Waals surface area contributed by atoms with Crippen LogP contribution in [-0.4, -0.2) is 19.1 Å². The zero-order valence-corrected chi connectivity index (χ0v) is 10.7. The minimum atomic E-state index is 0.0648. The number of hydrogen-bond acceptors (Lipinski definition) is 2. The molecule has 1 amide bonds. The Kier molecular flexibility index (Phi) is 3.61. The molecule has 4 heteroatoms. The molecule has 1 heterocycles. The number of aryl methyl sites for hydroxylation is 1. The highest BCUT2D eigenvalue weighted by atomic mass is 79.9. The fraction of sp³-hybridized carbons (Fsp3) is 0.417. The Labute approximate surface area is 103 Å². The number of anilines is 1. The summed E-state index contributed by atoms with van der Waals surface area (Å²) in [6, 6.07) is 5.79. The molecule has 1 aromatic rings. The van der Waals surface area contributed by atoms with Crippen molar-refractivity contribution in [3.63, 3.8) is 0 Å². The third-order valence-corrected chi connectivity index (χ3v) is 3.51. The van der Waals surface area contributed by atoms with Gasteiger partial charge in [-0.05, 0) is 30.7 Å². The molecule has 0 aromatic heterocycles. The molecule has 0 spiro atoms. The number of hydrogen-bond donors (Lipinski definition) is 1. The second kappa shape index (κ2) is 4.97. The van der Waals surface area contributed by atoms with Gasteiger partial charge in [0.25, 0.3) is 0 Å². The zero-order chi connectivity index (χ0) is 11.5. The Morgan fingerprint density at radius 3 is 2.88 bits per heavy atom. The number of carbonyl (C=O) groups is 1. The van der Waals surface area contributed by atoms with E-state index < -0.39 is 0 Å². The van der Waals surface area contributed by atoms with Crippen molar-refractivity contribution in [1.29, 1.82) is 0 Å². The van der Waals surface area contributed by atoms with Crippen LogP contribution >= 0.6 is 15.9 Å². The highest BCUT2D eigenvalue weighted by Gasteiger charge is 2.21. The lowest BCUT2D eigenvalue weighted by atomic mass is 10.0. The smallest absolute Gasteiger partial charge is 0.224 e. The lowest BCUT2D eigenvalue weighted by Crippen LogP contribution is -2.31. The van der Waals surface area contributed by atoms with E-state index in [0.29, 0.717) is 25.6 Å². The van der Waals surface area contributed by atoms with Crippen LogP contribution in [0.1, 0.15) is 12.0 Å². The minimum Gasteiger partial charge on any atom is -0.381 e. The molecule has 1 aliphatic rings. The Balaban J connectivity index is 1.92. The van der Waals surface area contributed by atoms with E-state index in [9.17, 15) is 4.79 Å². The molecule has 2 rings (SSSR count). The summed E-state index contributed by atoms with van der Waals surface area (Å²) in [6.07, 6.45) is 0.551. The molecule has 0 atom stereocenters. The summed E-state index contributed by atoms with van der Waals surface area (Å²) >= 11 is 3.43. The second-order valence-electron chi connectivity index (χ2n) is 4.12. The maximum Gasteiger partial charge on any atom is 0.224 e. The molecular weight excluding hydrogens is 270 g/mol. The molecule has 1 saturated heterocycles. The first kappa shape index (κ1) is 11.6. The van der Waals surface area contributed by atoms with Gasteiger partial charge in [-0.15, -0.1) is 0 Å². The number of benzene rings is 1. The van der Waals surface area contributed by atoms with Crippen molar-refractivity contribution >= 4 is 27.5 Å². The van der Waals surface area contributed by atoms with E-state index in [1.807, 2.05) is 25.1 Å². The molecule has 1 N–H and O–H groups in total. The molecule has 0 radical (unpaired) electrons. The molecule has 1 aromatic carbocycles. The first-order valence-corrected chi connectivity index (χ1v) is 6.08. The summed E-state index contributed by atoms with van der Waals surface area (Å²) in [5.74, 6) is 0.464. The van der Waals surface area contributed by atoms with Gasteiger partial charge in [0.15, 0.2) is 0 Å². The molecule has 0 saturated carbocycles. The number of rotatable bonds is 3. The summed E-state index contributed by atoms with van der Waals surface area (Å²) in [6.45, 7) is 3.43. The van der Waals surface area contributed by atoms with Gasteiger partial charge in [-0.3, -0.25) is 4.79 Å². The van der Waals surface area contributed by atoms with Crippen LogP contribution in [0.25, 0.3) is 0 Å². The predicted octanol–water partition coefficient (Wildman–Crippen LogP) is 2.73. The summed E-state index contributed by atoms with van der Waals surface area (Å²) in [5.41, 5.74) is 1.97. The molecule has 1 aliphatic heterocycles. The number of ether oxygens (including phenoxy) is 1. The number of carbonyl (C=O) groups excluding carboxylic acids is 1. The summed E-state index contributed by atoms with van der Waals surface area (Å²) in [4.78, 5) is 11.6. The molecule has 86 valence electrons. The van der Waals surface area contributed by atoms with Gasteiger partial charge < -0.3 is 10.1 Å². The van der Waals surface area contributed by atoms with Gasteiger partial charge in [0, 0.05) is 22.5 Å². The summed E-state index contributed by atoms with van der Waals surface area (Å²) in [7, 11) is 0. The van der Waals surface area contributed by atoms with Crippen molar-refractivity contribution in [1.82, 2.24) is 0 Å². The van der Waals surface area contributed by atoms with E-state index in [1.54, 1.807) is 0 Å². The van der Waals surface area contributed by atoms with E-state index in [1.165, 1.54) is 0 Å². The van der Waals surface area contributed by atoms with Crippen LogP contribution in [0.2, 0.25) is 0 Å². The number of nitrogens with one attached hydrogen (secondary N) is 1. The van der Waals surface area contributed by atoms with Crippen LogP contribution in [0.3, 0.4) is 0 Å². The van der Waals surface area contributed by atoms with Crippen LogP contribution in [0.15, 0.2) is 22.7 Å². The fourth-order valence-corrected chi connectivity index (χ4v) is 1.85. The van der Waals surface area contributed by atoms with Crippen molar-refractivity contribution in [2.24, 2.45) is 5.92 Å². The summed E-state index contributed by atoms with van der Waals surface area (Å²) < 4.78 is 6.09. The van der Waals surface area contributed by atoms with Crippen LogP contribution in [0, 0.1) is 12.8 Å². The maximum atomic E-state index is 11.6. The van der Waals surface area contributed by atoms with Crippen LogP contribution in [-0.2, 0) is 9.53 Å². The zero-order valence-electron chi connectivity index (χ0n) is 9.13. The normalized spacial score (nSPS) is 15.6. The molecule has 1 fully saturated rings. The average Bonchev–Trinajstić information content (AvgIpc) is 2.18. The summed E-state index contributed by atoms with van der Waals surface area (Å²) in [5, 5.41) is 2.89. The van der Waals surface area contributed by atoms with Gasteiger partial charge in [0.2, 0.25) is 5.91 Å². The van der Waals surface area contributed by atoms with E-state index >= 15 is 0 Å². The highest BCUT2D eigenvalue weighted by molar-refractivity contribution is 9.10. The molecule has 3 nitrogen and oxygen atoms in total. The van der Waals surface area contributed by atoms with E-state index in [0.717, 1.165) is 15.7 Å². The van der Waals surface area contributed by atoms with Crippen molar-refractivity contribution in [3.8, 4) is 0 Å². The Morgan fingerprint density at radius 2 is 2.31 bits per heavy atom. The van der Waals surface area contributed by atoms with Gasteiger partial charge in [0.1, 0.15) is 0 Å². The standard InChI is InChI=1S/C12H14BrNO2/c1-8-4-10(2-3-11(8)13)14-12(15)5-9-6-16-7-9/h2-4,9H,5-7H2,1H3,(H,14,15). The molecular formula is C12H14BrNO2. The molecule has 0 bridgehead atoms. The van der Waals surface area contributed by atoms with Crippen molar-refractivity contribution in [2.45, 2.75) is 13.3 Å². The van der Waals surface area contributed by atoms with Crippen LogP contribution in [0.4, 0.5) is 5.69 Å². The van der Waals surface area contributed by atoms with Gasteiger partial charge >= 0.3 is 0 Å². The first-order valence-electron chi connectivity index (χ1n) is 5.29. The topological polar surface area (TPSA) is 38.3 Å². The van der Waals surface area contributed by atoms with Crippen molar-refractivity contribution in [2.75, 3.05) is 18.5 Å². The Hall–Kier alpha value is -0.870. The minimum absolute atomic E-state index is 0.0648. The lowest BCUT2D eigenvalue weighted by Gasteiger charge is -2.25. The van der Waals surface area contributed by atoms with Gasteiger partial charge in [-0.25, -0.2) is 0 Å². The largest absolute Gasteiger partial charge is 0.381 e. The Bertz CT molecular complexity index is 402. The van der Waals surface area contributed by atoms with E-state index in [-0.39, 0.29) is 5.91 Å². The third-order valence-electron chi connectivity index (χ3n) is 2.62. The number of halogens is 1. The fourth-order valence-electron chi connectivity index (χ4n) is 1.60. The van der Waals surface area contributed by atoms with Gasteiger partial charge in [-0.1, -0.05) is 15.9 Å². The monoisotopic (exact) mass is 283 g/mol. The quantitative estimate of drug-likeness (QED) is 0.926. The van der Waals surface area contributed by atoms with Crippen LogP contribution < -0.4 is 5.32 Å². The molecule has 0 aliphatic carbocycles. The first-order chi connectivity index (χ1) is 7.65. The van der Waals surface area contributed by atoms with Crippen LogP contribution in [0.5, 0.6) is 0 Å². The maximum absolute atomic E-state index is 11.6.